The van der Waals surface area contributed by atoms with E-state index in [1.165, 1.54) is 0 Å². The summed E-state index contributed by atoms with van der Waals surface area (Å²) >= 11 is 0. The van der Waals surface area contributed by atoms with E-state index in [9.17, 15) is 4.79 Å². The first kappa shape index (κ1) is 14.4. The number of carbonyl (C=O) groups excluding carboxylic acids is 1. The van der Waals surface area contributed by atoms with Crippen molar-refractivity contribution in [1.29, 1.82) is 0 Å². The molecule has 0 aromatic carbocycles. The van der Waals surface area contributed by atoms with Crippen molar-refractivity contribution >= 4 is 11.7 Å². The van der Waals surface area contributed by atoms with Crippen LogP contribution in [0.25, 0.3) is 0 Å². The topological polar surface area (TPSA) is 47.9 Å². The molecule has 1 heterocycles. The van der Waals surface area contributed by atoms with Crippen LogP contribution in [0.3, 0.4) is 0 Å². The van der Waals surface area contributed by atoms with Crippen LogP contribution in [-0.2, 0) is 14.4 Å². The molecule has 19 heavy (non-hydrogen) atoms. The first-order valence-electron chi connectivity index (χ1n) is 7.36. The normalized spacial score (nSPS) is 33.3. The van der Waals surface area contributed by atoms with Crippen LogP contribution < -0.4 is 0 Å². The third-order valence-corrected chi connectivity index (χ3v) is 4.72. The molecule has 0 spiro atoms. The fourth-order valence-corrected chi connectivity index (χ4v) is 3.95. The van der Waals surface area contributed by atoms with Crippen LogP contribution in [0.4, 0.5) is 0 Å². The number of esters is 1. The smallest absolute Gasteiger partial charge is 0.354 e. The summed E-state index contributed by atoms with van der Waals surface area (Å²) in [5, 5.41) is 4.30. The van der Waals surface area contributed by atoms with Gasteiger partial charge in [0.2, 0.25) is 5.60 Å². The second-order valence-corrected chi connectivity index (χ2v) is 6.25. The fourth-order valence-electron chi connectivity index (χ4n) is 3.95. The van der Waals surface area contributed by atoms with Crippen LogP contribution in [-0.4, -0.2) is 23.9 Å². The summed E-state index contributed by atoms with van der Waals surface area (Å²) < 4.78 is 5.30. The van der Waals surface area contributed by atoms with Gasteiger partial charge in [0.1, 0.15) is 0 Å². The van der Waals surface area contributed by atoms with Crippen molar-refractivity contribution < 1.29 is 14.4 Å². The van der Waals surface area contributed by atoms with E-state index in [2.05, 4.69) is 32.9 Å². The van der Waals surface area contributed by atoms with Crippen LogP contribution >= 0.6 is 0 Å². The average molecular weight is 267 g/mol. The van der Waals surface area contributed by atoms with Gasteiger partial charge in [0, 0.05) is 6.42 Å². The minimum absolute atomic E-state index is 0.236. The number of hydrogen-bond acceptors (Lipinski definition) is 4. The molecule has 1 aliphatic heterocycles. The van der Waals surface area contributed by atoms with Gasteiger partial charge in [-0.1, -0.05) is 32.9 Å². The Balaban J connectivity index is 2.48. The second-order valence-electron chi connectivity index (χ2n) is 6.25. The molecule has 4 heteroatoms. The lowest BCUT2D eigenvalue weighted by molar-refractivity contribution is -0.180. The molecule has 0 radical (unpaired) electrons. The van der Waals surface area contributed by atoms with E-state index in [0.29, 0.717) is 18.9 Å². The summed E-state index contributed by atoms with van der Waals surface area (Å²) in [5.74, 6) is 0.362. The molecule has 0 N–H and O–H groups in total. The van der Waals surface area contributed by atoms with Gasteiger partial charge in [0.25, 0.3) is 0 Å². The SMILES string of the molecule is CCOC(=O)C12CCCC1(C(C)C)C(C(C)C)=NO2. The van der Waals surface area contributed by atoms with Gasteiger partial charge in [-0.15, -0.1) is 0 Å². The summed E-state index contributed by atoms with van der Waals surface area (Å²) in [6.45, 7) is 10.8. The van der Waals surface area contributed by atoms with Crippen molar-refractivity contribution in [2.45, 2.75) is 59.5 Å². The van der Waals surface area contributed by atoms with Crippen LogP contribution in [0.5, 0.6) is 0 Å². The summed E-state index contributed by atoms with van der Waals surface area (Å²) in [6, 6.07) is 0. The van der Waals surface area contributed by atoms with E-state index in [4.69, 9.17) is 9.57 Å². The van der Waals surface area contributed by atoms with Crippen LogP contribution in [0.1, 0.15) is 53.9 Å². The maximum atomic E-state index is 12.5. The Morgan fingerprint density at radius 1 is 1.37 bits per heavy atom. The zero-order chi connectivity index (χ0) is 14.3. The number of fused-ring (bicyclic) bond motifs is 1. The lowest BCUT2D eigenvalue weighted by Gasteiger charge is -2.40. The van der Waals surface area contributed by atoms with Crippen LogP contribution in [0.15, 0.2) is 5.16 Å². The molecule has 1 aliphatic carbocycles. The Morgan fingerprint density at radius 3 is 2.58 bits per heavy atom. The molecule has 4 nitrogen and oxygen atoms in total. The van der Waals surface area contributed by atoms with Crippen molar-refractivity contribution in [2.75, 3.05) is 6.61 Å². The number of rotatable bonds is 4. The van der Waals surface area contributed by atoms with Gasteiger partial charge in [0.15, 0.2) is 0 Å². The van der Waals surface area contributed by atoms with Gasteiger partial charge < -0.3 is 9.57 Å². The summed E-state index contributed by atoms with van der Waals surface area (Å²) in [7, 11) is 0. The highest BCUT2D eigenvalue weighted by Gasteiger charge is 2.70. The Labute approximate surface area is 115 Å². The lowest BCUT2D eigenvalue weighted by atomic mass is 9.62. The third-order valence-electron chi connectivity index (χ3n) is 4.72. The van der Waals surface area contributed by atoms with Crippen molar-refractivity contribution in [3.63, 3.8) is 0 Å². The maximum Gasteiger partial charge on any atom is 0.354 e. The molecule has 2 unspecified atom stereocenters. The number of hydrogen-bond donors (Lipinski definition) is 0. The van der Waals surface area contributed by atoms with Crippen molar-refractivity contribution in [3.05, 3.63) is 0 Å². The standard InChI is InChI=1S/C15H25NO3/c1-6-18-13(17)15-9-7-8-14(15,11(4)5)12(10(2)3)16-19-15/h10-11H,6-9H2,1-5H3. The van der Waals surface area contributed by atoms with E-state index in [1.54, 1.807) is 0 Å². The summed E-state index contributed by atoms with van der Waals surface area (Å²) in [6.07, 6.45) is 2.66. The predicted molar refractivity (Wildman–Crippen MR) is 73.8 cm³/mol. The Kier molecular flexibility index (Phi) is 3.63. The van der Waals surface area contributed by atoms with E-state index in [-0.39, 0.29) is 17.3 Å². The summed E-state index contributed by atoms with van der Waals surface area (Å²) in [4.78, 5) is 18.2. The van der Waals surface area contributed by atoms with E-state index in [0.717, 1.165) is 18.6 Å². The first-order chi connectivity index (χ1) is 8.92. The van der Waals surface area contributed by atoms with E-state index >= 15 is 0 Å². The zero-order valence-corrected chi connectivity index (χ0v) is 12.7. The Hall–Kier alpha value is -1.06. The molecular formula is C15H25NO3. The molecule has 0 bridgehead atoms. The van der Waals surface area contributed by atoms with Gasteiger partial charge in [0.05, 0.1) is 17.7 Å². The minimum atomic E-state index is -0.878. The number of oxime groups is 1. The number of carbonyl (C=O) groups is 1. The molecule has 0 amide bonds. The van der Waals surface area contributed by atoms with E-state index in [1.807, 2.05) is 6.92 Å². The van der Waals surface area contributed by atoms with Crippen LogP contribution in [0, 0.1) is 17.3 Å². The van der Waals surface area contributed by atoms with Crippen molar-refractivity contribution in [2.24, 2.45) is 22.4 Å². The maximum absolute atomic E-state index is 12.5. The molecule has 1 saturated carbocycles. The predicted octanol–water partition coefficient (Wildman–Crippen LogP) is 3.16. The Bertz CT molecular complexity index is 402. The monoisotopic (exact) mass is 267 g/mol. The van der Waals surface area contributed by atoms with Gasteiger partial charge in [-0.25, -0.2) is 4.79 Å². The van der Waals surface area contributed by atoms with Gasteiger partial charge >= 0.3 is 5.97 Å². The molecular weight excluding hydrogens is 242 g/mol. The molecule has 2 atom stereocenters. The van der Waals surface area contributed by atoms with Gasteiger partial charge in [-0.05, 0) is 31.6 Å². The van der Waals surface area contributed by atoms with Gasteiger partial charge in [-0.2, -0.15) is 0 Å². The highest BCUT2D eigenvalue weighted by Crippen LogP contribution is 2.59. The van der Waals surface area contributed by atoms with Crippen LogP contribution in [0.2, 0.25) is 0 Å². The lowest BCUT2D eigenvalue weighted by Crippen LogP contribution is -2.56. The zero-order valence-electron chi connectivity index (χ0n) is 12.7. The molecule has 1 fully saturated rings. The number of nitrogens with zero attached hydrogens (tertiary/aromatic N) is 1. The third kappa shape index (κ3) is 1.72. The molecule has 2 rings (SSSR count). The average Bonchev–Trinajstić information content (AvgIpc) is 2.83. The fraction of sp³-hybridized carbons (Fsp3) is 0.867. The molecule has 0 aromatic heterocycles. The van der Waals surface area contributed by atoms with Gasteiger partial charge in [-0.3, -0.25) is 0 Å². The molecule has 108 valence electrons. The van der Waals surface area contributed by atoms with Crippen molar-refractivity contribution in [1.82, 2.24) is 0 Å². The molecule has 0 saturated heterocycles. The minimum Gasteiger partial charge on any atom is -0.463 e. The highest BCUT2D eigenvalue weighted by atomic mass is 16.7. The first-order valence-corrected chi connectivity index (χ1v) is 7.36. The second kappa shape index (κ2) is 4.80. The quantitative estimate of drug-likeness (QED) is 0.735. The Morgan fingerprint density at radius 2 is 2.05 bits per heavy atom. The molecule has 2 aliphatic rings. The van der Waals surface area contributed by atoms with E-state index < -0.39 is 5.60 Å². The summed E-state index contributed by atoms with van der Waals surface area (Å²) in [5.41, 5.74) is -0.127. The largest absolute Gasteiger partial charge is 0.463 e. The molecule has 0 aromatic rings. The van der Waals surface area contributed by atoms with Crippen molar-refractivity contribution in [3.8, 4) is 0 Å². The number of ether oxygens (including phenoxy) is 1. The highest BCUT2D eigenvalue weighted by molar-refractivity contribution is 6.01.